The Kier molecular flexibility index (Phi) is 7.74. The van der Waals surface area contributed by atoms with Gasteiger partial charge in [0.2, 0.25) is 5.91 Å². The predicted molar refractivity (Wildman–Crippen MR) is 106 cm³/mol. The summed E-state index contributed by atoms with van der Waals surface area (Å²) in [5.74, 6) is -1.07. The zero-order valence-electron chi connectivity index (χ0n) is 16.4. The highest BCUT2D eigenvalue weighted by atomic mass is 19.1. The van der Waals surface area contributed by atoms with Crippen molar-refractivity contribution in [2.45, 2.75) is 37.5 Å². The molecule has 8 heteroatoms. The largest absolute Gasteiger partial charge is 0.394 e. The lowest BCUT2D eigenvalue weighted by atomic mass is 10.0. The first-order valence-electron chi connectivity index (χ1n) is 10.1. The number of rotatable bonds is 8. The Hall–Kier alpha value is -2.29. The van der Waals surface area contributed by atoms with Crippen LogP contribution in [0.1, 0.15) is 29.6 Å². The molecule has 1 aromatic rings. The van der Waals surface area contributed by atoms with E-state index in [0.717, 1.165) is 25.7 Å². The lowest BCUT2D eigenvalue weighted by molar-refractivity contribution is -0.125. The first-order valence-corrected chi connectivity index (χ1v) is 10.1. The number of nitrogens with one attached hydrogen (secondary N) is 2. The smallest absolute Gasteiger partial charge is 0.251 e. The Morgan fingerprint density at radius 2 is 2.03 bits per heavy atom. The van der Waals surface area contributed by atoms with E-state index in [-0.39, 0.29) is 24.5 Å². The SMILES string of the molecule is O=C(C[C@@H]1C=C[C@@H](NC(=O)c2cccc(F)c2)[C@@H](CO)O1)NCCN1CCCC1. The molecule has 0 aliphatic carbocycles. The lowest BCUT2D eigenvalue weighted by Gasteiger charge is -2.31. The number of hydrogen-bond acceptors (Lipinski definition) is 5. The Balaban J connectivity index is 1.47. The third-order valence-corrected chi connectivity index (χ3v) is 5.18. The Labute approximate surface area is 169 Å². The van der Waals surface area contributed by atoms with Gasteiger partial charge in [0.05, 0.1) is 25.2 Å². The molecule has 0 saturated carbocycles. The van der Waals surface area contributed by atoms with E-state index in [2.05, 4.69) is 15.5 Å². The highest BCUT2D eigenvalue weighted by Gasteiger charge is 2.29. The number of carbonyl (C=O) groups is 2. The van der Waals surface area contributed by atoms with Crippen molar-refractivity contribution in [2.24, 2.45) is 0 Å². The topological polar surface area (TPSA) is 90.9 Å². The molecule has 0 aromatic heterocycles. The normalized spacial score (nSPS) is 24.4. The van der Waals surface area contributed by atoms with Gasteiger partial charge < -0.3 is 25.4 Å². The van der Waals surface area contributed by atoms with Crippen molar-refractivity contribution in [3.63, 3.8) is 0 Å². The molecule has 29 heavy (non-hydrogen) atoms. The molecule has 1 aromatic carbocycles. The van der Waals surface area contributed by atoms with Gasteiger partial charge in [-0.3, -0.25) is 9.59 Å². The molecule has 3 rings (SSSR count). The fraction of sp³-hybridized carbons (Fsp3) is 0.524. The lowest BCUT2D eigenvalue weighted by Crippen LogP contribution is -2.49. The molecule has 3 atom stereocenters. The van der Waals surface area contributed by atoms with Gasteiger partial charge in [0, 0.05) is 18.7 Å². The summed E-state index contributed by atoms with van der Waals surface area (Å²) in [4.78, 5) is 26.8. The Morgan fingerprint density at radius 3 is 2.76 bits per heavy atom. The average molecular weight is 405 g/mol. The van der Waals surface area contributed by atoms with Gasteiger partial charge in [-0.1, -0.05) is 18.2 Å². The van der Waals surface area contributed by atoms with Gasteiger partial charge in [0.1, 0.15) is 11.9 Å². The van der Waals surface area contributed by atoms with Gasteiger partial charge in [0.25, 0.3) is 5.91 Å². The number of halogens is 1. The summed E-state index contributed by atoms with van der Waals surface area (Å²) < 4.78 is 19.1. The van der Waals surface area contributed by atoms with Crippen LogP contribution in [0.25, 0.3) is 0 Å². The molecule has 1 fully saturated rings. The average Bonchev–Trinajstić information content (AvgIpc) is 3.22. The summed E-state index contributed by atoms with van der Waals surface area (Å²) >= 11 is 0. The van der Waals surface area contributed by atoms with Crippen LogP contribution in [0.3, 0.4) is 0 Å². The number of aliphatic hydroxyl groups is 1. The van der Waals surface area contributed by atoms with E-state index in [1.807, 2.05) is 0 Å². The Bertz CT molecular complexity index is 736. The van der Waals surface area contributed by atoms with E-state index in [9.17, 15) is 19.1 Å². The first-order chi connectivity index (χ1) is 14.0. The number of benzene rings is 1. The van der Waals surface area contributed by atoms with Crippen LogP contribution >= 0.6 is 0 Å². The molecule has 1 saturated heterocycles. The molecule has 0 spiro atoms. The van der Waals surface area contributed by atoms with Gasteiger partial charge in [0.15, 0.2) is 0 Å². The number of hydrogen-bond donors (Lipinski definition) is 3. The molecule has 2 aliphatic rings. The Morgan fingerprint density at radius 1 is 1.24 bits per heavy atom. The number of amides is 2. The van der Waals surface area contributed by atoms with E-state index in [1.165, 1.54) is 31.0 Å². The zero-order chi connectivity index (χ0) is 20.6. The van der Waals surface area contributed by atoms with E-state index >= 15 is 0 Å². The molecule has 2 amide bonds. The predicted octanol–water partition coefficient (Wildman–Crippen LogP) is 0.842. The minimum absolute atomic E-state index is 0.113. The molecular weight excluding hydrogens is 377 g/mol. The van der Waals surface area contributed by atoms with Crippen LogP contribution in [0.4, 0.5) is 4.39 Å². The van der Waals surface area contributed by atoms with Gasteiger partial charge >= 0.3 is 0 Å². The minimum Gasteiger partial charge on any atom is -0.394 e. The maximum atomic E-state index is 13.3. The number of carbonyl (C=O) groups excluding carboxylic acids is 2. The fourth-order valence-electron chi connectivity index (χ4n) is 3.61. The van der Waals surface area contributed by atoms with Gasteiger partial charge in [-0.15, -0.1) is 0 Å². The van der Waals surface area contributed by atoms with E-state index < -0.39 is 30.0 Å². The van der Waals surface area contributed by atoms with E-state index in [4.69, 9.17) is 4.74 Å². The third-order valence-electron chi connectivity index (χ3n) is 5.18. The standard InChI is InChI=1S/C21H28FN3O4/c22-16-5-3-4-15(12-16)21(28)24-18-7-6-17(29-19(18)14-26)13-20(27)23-8-11-25-9-1-2-10-25/h3-7,12,17-19,26H,1-2,8-11,13-14H2,(H,23,27)(H,24,28)/t17-,18+,19+/m0/s1. The second-order valence-corrected chi connectivity index (χ2v) is 7.39. The van der Waals surface area contributed by atoms with Crippen molar-refractivity contribution in [3.05, 3.63) is 47.8 Å². The third kappa shape index (κ3) is 6.35. The van der Waals surface area contributed by atoms with E-state index in [0.29, 0.717) is 6.54 Å². The highest BCUT2D eigenvalue weighted by molar-refractivity contribution is 5.94. The second kappa shape index (κ2) is 10.5. The molecule has 0 bridgehead atoms. The van der Waals surface area contributed by atoms with Crippen molar-refractivity contribution in [1.82, 2.24) is 15.5 Å². The van der Waals surface area contributed by atoms with Crippen LogP contribution in [-0.2, 0) is 9.53 Å². The number of ether oxygens (including phenoxy) is 1. The summed E-state index contributed by atoms with van der Waals surface area (Å²) in [6.45, 7) is 3.31. The van der Waals surface area contributed by atoms with Gasteiger partial charge in [-0.2, -0.15) is 0 Å². The molecule has 2 heterocycles. The fourth-order valence-corrected chi connectivity index (χ4v) is 3.61. The molecule has 3 N–H and O–H groups in total. The maximum Gasteiger partial charge on any atom is 0.251 e. The van der Waals surface area contributed by atoms with Gasteiger partial charge in [-0.05, 0) is 44.1 Å². The number of likely N-dealkylation sites (tertiary alicyclic amines) is 1. The molecule has 158 valence electrons. The molecule has 0 radical (unpaired) electrons. The minimum atomic E-state index is -0.681. The van der Waals surface area contributed by atoms with Crippen LogP contribution in [-0.4, -0.2) is 72.9 Å². The summed E-state index contributed by atoms with van der Waals surface area (Å²) in [5, 5.41) is 15.2. The maximum absolute atomic E-state index is 13.3. The molecule has 0 unspecified atom stereocenters. The number of nitrogens with zero attached hydrogens (tertiary/aromatic N) is 1. The van der Waals surface area contributed by atoms with Crippen LogP contribution in [0, 0.1) is 5.82 Å². The van der Waals surface area contributed by atoms with Crippen molar-refractivity contribution < 1.29 is 23.8 Å². The van der Waals surface area contributed by atoms with Crippen molar-refractivity contribution in [1.29, 1.82) is 0 Å². The molecular formula is C21H28FN3O4. The molecule has 7 nitrogen and oxygen atoms in total. The van der Waals surface area contributed by atoms with Crippen molar-refractivity contribution >= 4 is 11.8 Å². The monoisotopic (exact) mass is 405 g/mol. The summed E-state index contributed by atoms with van der Waals surface area (Å²) in [7, 11) is 0. The highest BCUT2D eigenvalue weighted by Crippen LogP contribution is 2.16. The van der Waals surface area contributed by atoms with Crippen molar-refractivity contribution in [2.75, 3.05) is 32.8 Å². The van der Waals surface area contributed by atoms with Crippen LogP contribution in [0.15, 0.2) is 36.4 Å². The van der Waals surface area contributed by atoms with Crippen LogP contribution in [0.2, 0.25) is 0 Å². The van der Waals surface area contributed by atoms with E-state index in [1.54, 1.807) is 12.2 Å². The summed E-state index contributed by atoms with van der Waals surface area (Å²) in [6, 6.07) is 4.81. The quantitative estimate of drug-likeness (QED) is 0.558. The summed E-state index contributed by atoms with van der Waals surface area (Å²) in [5.41, 5.74) is 0.189. The zero-order valence-corrected chi connectivity index (χ0v) is 16.4. The van der Waals surface area contributed by atoms with Gasteiger partial charge in [-0.25, -0.2) is 4.39 Å². The second-order valence-electron chi connectivity index (χ2n) is 7.39. The summed E-state index contributed by atoms with van der Waals surface area (Å²) in [6.07, 6.45) is 4.85. The van der Waals surface area contributed by atoms with Crippen molar-refractivity contribution in [3.8, 4) is 0 Å². The first kappa shape index (κ1) is 21.4. The van der Waals surface area contributed by atoms with Crippen LogP contribution < -0.4 is 10.6 Å². The van der Waals surface area contributed by atoms with Crippen LogP contribution in [0.5, 0.6) is 0 Å². The molecule has 2 aliphatic heterocycles. The number of aliphatic hydroxyl groups excluding tert-OH is 1.